The summed E-state index contributed by atoms with van der Waals surface area (Å²) >= 11 is 0. The summed E-state index contributed by atoms with van der Waals surface area (Å²) in [5.74, 6) is -3.03. The zero-order valence-electron chi connectivity index (χ0n) is 14.4. The van der Waals surface area contributed by atoms with E-state index in [1.165, 1.54) is 4.90 Å². The number of carbonyl (C=O) groups is 3. The van der Waals surface area contributed by atoms with E-state index in [1.807, 2.05) is 0 Å². The van der Waals surface area contributed by atoms with Gasteiger partial charge in [0.05, 0.1) is 12.1 Å². The summed E-state index contributed by atoms with van der Waals surface area (Å²) in [6.07, 6.45) is 1.30. The summed E-state index contributed by atoms with van der Waals surface area (Å²) in [7, 11) is 0. The summed E-state index contributed by atoms with van der Waals surface area (Å²) in [6, 6.07) is 0.699. The fourth-order valence-corrected chi connectivity index (χ4v) is 4.61. The lowest BCUT2D eigenvalue weighted by Crippen LogP contribution is -2.67. The highest BCUT2D eigenvalue weighted by Gasteiger charge is 2.43. The van der Waals surface area contributed by atoms with E-state index < -0.39 is 35.4 Å². The van der Waals surface area contributed by atoms with Crippen LogP contribution in [0.25, 0.3) is 0 Å². The highest BCUT2D eigenvalue weighted by atomic mass is 19.1. The lowest BCUT2D eigenvalue weighted by atomic mass is 9.90. The number of halogens is 2. The molecule has 0 aromatic heterocycles. The fourth-order valence-electron chi connectivity index (χ4n) is 4.61. The Morgan fingerprint density at radius 1 is 1.11 bits per heavy atom. The number of rotatable bonds is 2. The van der Waals surface area contributed by atoms with Crippen LogP contribution in [0.3, 0.4) is 0 Å². The van der Waals surface area contributed by atoms with E-state index in [0.717, 1.165) is 12.5 Å². The molecule has 3 unspecified atom stereocenters. The number of carbonyl (C=O) groups excluding carboxylic acids is 3. The smallest absolute Gasteiger partial charge is 0.255 e. The van der Waals surface area contributed by atoms with Crippen molar-refractivity contribution in [1.82, 2.24) is 15.5 Å². The van der Waals surface area contributed by atoms with Crippen LogP contribution in [0.5, 0.6) is 0 Å². The van der Waals surface area contributed by atoms with Gasteiger partial charge in [-0.2, -0.15) is 0 Å². The summed E-state index contributed by atoms with van der Waals surface area (Å²) < 4.78 is 29.9. The molecule has 5 aliphatic heterocycles. The van der Waals surface area contributed by atoms with Gasteiger partial charge in [-0.1, -0.05) is 0 Å². The number of hydrogen-bond donors (Lipinski definition) is 2. The Kier molecular flexibility index (Phi) is 3.52. The maximum Gasteiger partial charge on any atom is 0.255 e. The molecule has 2 bridgehead atoms. The standard InChI is InChI=1S/C18H18F2N4O3/c19-12-4-10-11(15(20)16(12)23-5-8-3-9(6-23)21-8)7-24(18(10)27)13-1-2-14(25)22-17(13)26/h4,8-9,13,21H,1-3,5-7H2,(H,22,25,26). The van der Waals surface area contributed by atoms with Crippen molar-refractivity contribution in [1.29, 1.82) is 0 Å². The van der Waals surface area contributed by atoms with Gasteiger partial charge in [-0.25, -0.2) is 8.78 Å². The van der Waals surface area contributed by atoms with Gasteiger partial charge in [0.15, 0.2) is 5.82 Å². The first-order valence-corrected chi connectivity index (χ1v) is 9.09. The maximum atomic E-state index is 15.2. The number of piperidine rings is 2. The van der Waals surface area contributed by atoms with E-state index >= 15 is 4.39 Å². The highest BCUT2D eigenvalue weighted by molar-refractivity contribution is 6.05. The Labute approximate surface area is 153 Å². The molecular weight excluding hydrogens is 358 g/mol. The molecule has 0 aliphatic carbocycles. The first kappa shape index (κ1) is 16.6. The van der Waals surface area contributed by atoms with Crippen molar-refractivity contribution in [3.63, 3.8) is 0 Å². The fraction of sp³-hybridized carbons (Fsp3) is 0.500. The van der Waals surface area contributed by atoms with Gasteiger partial charge in [0, 0.05) is 37.2 Å². The second-order valence-electron chi connectivity index (χ2n) is 7.65. The Balaban J connectivity index is 1.47. The van der Waals surface area contributed by atoms with Crippen molar-refractivity contribution in [3.05, 3.63) is 28.8 Å². The van der Waals surface area contributed by atoms with Crippen LogP contribution in [-0.2, 0) is 16.1 Å². The highest BCUT2D eigenvalue weighted by Crippen LogP contribution is 2.37. The minimum atomic E-state index is -0.847. The third-order valence-electron chi connectivity index (χ3n) is 5.94. The number of imide groups is 1. The molecule has 3 amide bonds. The Bertz CT molecular complexity index is 874. The third-order valence-corrected chi connectivity index (χ3v) is 5.94. The van der Waals surface area contributed by atoms with Crippen LogP contribution in [0, 0.1) is 11.6 Å². The summed E-state index contributed by atoms with van der Waals surface area (Å²) in [6.45, 7) is 0.945. The predicted octanol–water partition coefficient (Wildman–Crippen LogP) is 0.276. The minimum absolute atomic E-state index is 0.0428. The van der Waals surface area contributed by atoms with E-state index in [-0.39, 0.29) is 48.3 Å². The number of nitrogens with one attached hydrogen (secondary N) is 2. The molecule has 4 saturated heterocycles. The van der Waals surface area contributed by atoms with E-state index in [9.17, 15) is 18.8 Å². The van der Waals surface area contributed by atoms with Crippen LogP contribution in [-0.4, -0.2) is 53.8 Å². The van der Waals surface area contributed by atoms with Gasteiger partial charge in [-0.3, -0.25) is 19.7 Å². The second-order valence-corrected chi connectivity index (χ2v) is 7.65. The molecule has 4 fully saturated rings. The van der Waals surface area contributed by atoms with Crippen LogP contribution >= 0.6 is 0 Å². The van der Waals surface area contributed by atoms with Crippen molar-refractivity contribution in [2.45, 2.75) is 43.9 Å². The molecule has 142 valence electrons. The monoisotopic (exact) mass is 376 g/mol. The number of amides is 3. The van der Waals surface area contributed by atoms with Crippen LogP contribution in [0.15, 0.2) is 6.07 Å². The number of benzene rings is 1. The molecule has 0 radical (unpaired) electrons. The Morgan fingerprint density at radius 2 is 1.81 bits per heavy atom. The number of nitrogens with zero attached hydrogens (tertiary/aromatic N) is 2. The molecule has 0 saturated carbocycles. The number of anilines is 1. The van der Waals surface area contributed by atoms with Gasteiger partial charge >= 0.3 is 0 Å². The maximum absolute atomic E-state index is 15.2. The van der Waals surface area contributed by atoms with Crippen molar-refractivity contribution < 1.29 is 23.2 Å². The van der Waals surface area contributed by atoms with Crippen molar-refractivity contribution in [2.75, 3.05) is 18.0 Å². The summed E-state index contributed by atoms with van der Waals surface area (Å²) in [4.78, 5) is 39.0. The van der Waals surface area contributed by atoms with Crippen LogP contribution in [0.2, 0.25) is 0 Å². The molecule has 9 heteroatoms. The number of piperazine rings is 1. The number of hydrogen-bond acceptors (Lipinski definition) is 5. The van der Waals surface area contributed by atoms with Gasteiger partial charge in [0.25, 0.3) is 5.91 Å². The minimum Gasteiger partial charge on any atom is -0.364 e. The Hall–Kier alpha value is -2.55. The van der Waals surface area contributed by atoms with Crippen LogP contribution in [0.4, 0.5) is 14.5 Å². The lowest BCUT2D eigenvalue weighted by Gasteiger charge is -2.49. The summed E-state index contributed by atoms with van der Waals surface area (Å²) in [5.41, 5.74) is -0.0186. The van der Waals surface area contributed by atoms with Crippen molar-refractivity contribution in [2.24, 2.45) is 0 Å². The molecule has 5 aliphatic rings. The molecular formula is C18H18F2N4O3. The van der Waals surface area contributed by atoms with Gasteiger partial charge in [-0.15, -0.1) is 0 Å². The number of fused-ring (bicyclic) bond motifs is 3. The van der Waals surface area contributed by atoms with E-state index in [4.69, 9.17) is 0 Å². The molecule has 6 rings (SSSR count). The largest absolute Gasteiger partial charge is 0.364 e. The van der Waals surface area contributed by atoms with E-state index in [0.29, 0.717) is 13.1 Å². The van der Waals surface area contributed by atoms with Gasteiger partial charge in [-0.05, 0) is 18.9 Å². The average Bonchev–Trinajstić information content (AvgIpc) is 2.92. The summed E-state index contributed by atoms with van der Waals surface area (Å²) in [5, 5.41) is 5.51. The average molecular weight is 376 g/mol. The molecule has 3 atom stereocenters. The predicted molar refractivity (Wildman–Crippen MR) is 89.9 cm³/mol. The first-order chi connectivity index (χ1) is 12.9. The van der Waals surface area contributed by atoms with E-state index in [1.54, 1.807) is 4.90 Å². The van der Waals surface area contributed by atoms with Crippen molar-refractivity contribution in [3.8, 4) is 0 Å². The zero-order valence-corrected chi connectivity index (χ0v) is 14.4. The lowest BCUT2D eigenvalue weighted by molar-refractivity contribution is -0.136. The van der Waals surface area contributed by atoms with Crippen molar-refractivity contribution >= 4 is 23.4 Å². The quantitative estimate of drug-likeness (QED) is 0.725. The normalized spacial score (nSPS) is 29.6. The molecule has 5 heterocycles. The van der Waals surface area contributed by atoms with Crippen LogP contribution in [0.1, 0.15) is 35.2 Å². The zero-order chi connectivity index (χ0) is 18.9. The third kappa shape index (κ3) is 2.44. The van der Waals surface area contributed by atoms with Gasteiger partial charge in [0.1, 0.15) is 17.5 Å². The molecule has 27 heavy (non-hydrogen) atoms. The molecule has 7 nitrogen and oxygen atoms in total. The SMILES string of the molecule is O=C1CCC(N2Cc3c(cc(F)c(N4CC5CC(C4)N5)c3F)C2=O)C(=O)N1. The molecule has 1 aromatic carbocycles. The van der Waals surface area contributed by atoms with Gasteiger partial charge < -0.3 is 15.1 Å². The molecule has 1 aromatic rings. The second kappa shape index (κ2) is 5.72. The van der Waals surface area contributed by atoms with Gasteiger partial charge in [0.2, 0.25) is 11.8 Å². The topological polar surface area (TPSA) is 81.8 Å². The van der Waals surface area contributed by atoms with E-state index in [2.05, 4.69) is 10.6 Å². The Morgan fingerprint density at radius 3 is 2.48 bits per heavy atom. The molecule has 0 spiro atoms. The first-order valence-electron chi connectivity index (χ1n) is 9.09. The molecule has 2 N–H and O–H groups in total. The van der Waals surface area contributed by atoms with Crippen LogP contribution < -0.4 is 15.5 Å².